The molecule has 1 aliphatic heterocycles. The van der Waals surface area contributed by atoms with Crippen LogP contribution in [0.25, 0.3) is 16.8 Å². The summed E-state index contributed by atoms with van der Waals surface area (Å²) >= 11 is 1.34. The van der Waals surface area contributed by atoms with Crippen molar-refractivity contribution in [1.29, 1.82) is 5.26 Å². The molecule has 8 nitrogen and oxygen atoms in total. The number of hydrogen-bond donors (Lipinski definition) is 1. The van der Waals surface area contributed by atoms with Gasteiger partial charge in [0.25, 0.3) is 0 Å². The normalized spacial score (nSPS) is 12.2. The van der Waals surface area contributed by atoms with Crippen molar-refractivity contribution in [2.24, 2.45) is 0 Å². The third-order valence-electron chi connectivity index (χ3n) is 4.80. The minimum Gasteiger partial charge on any atom is -0.493 e. The highest BCUT2D eigenvalue weighted by atomic mass is 32.1. The van der Waals surface area contributed by atoms with Gasteiger partial charge < -0.3 is 24.3 Å². The second-order valence-corrected chi connectivity index (χ2v) is 7.59. The first-order chi connectivity index (χ1) is 15.5. The summed E-state index contributed by atoms with van der Waals surface area (Å²) < 4.78 is 21.4. The molecule has 0 amide bonds. The lowest BCUT2D eigenvalue weighted by Gasteiger charge is -2.09. The van der Waals surface area contributed by atoms with Gasteiger partial charge in [-0.05, 0) is 31.2 Å². The minimum absolute atomic E-state index is 0.105. The molecule has 3 aromatic rings. The molecule has 4 rings (SSSR count). The number of carbonyl (C=O) groups is 1. The number of ketones is 1. The van der Waals surface area contributed by atoms with E-state index in [4.69, 9.17) is 18.9 Å². The number of thiazole rings is 1. The topological polar surface area (TPSA) is 103 Å². The Bertz CT molecular complexity index is 1260. The maximum Gasteiger partial charge on any atom is 0.231 e. The second kappa shape index (κ2) is 8.99. The molecule has 162 valence electrons. The van der Waals surface area contributed by atoms with Gasteiger partial charge in [0.2, 0.25) is 6.79 Å². The van der Waals surface area contributed by atoms with Crippen LogP contribution in [0.1, 0.15) is 22.3 Å². The zero-order valence-electron chi connectivity index (χ0n) is 17.6. The van der Waals surface area contributed by atoms with Crippen molar-refractivity contribution in [3.05, 3.63) is 52.5 Å². The molecule has 1 aliphatic rings. The number of carbonyl (C=O) groups excluding carboxylic acids is 1. The van der Waals surface area contributed by atoms with Crippen LogP contribution in [0.15, 0.2) is 41.9 Å². The average molecular weight is 449 g/mol. The first-order valence-electron chi connectivity index (χ1n) is 9.53. The number of Topliss-reactive ketones (excluding diaryl/α,β-unsaturated/α-hetero) is 1. The monoisotopic (exact) mass is 449 g/mol. The zero-order chi connectivity index (χ0) is 22.7. The molecule has 0 fully saturated rings. The number of fused-ring (bicyclic) bond motifs is 1. The molecule has 2 aromatic carbocycles. The van der Waals surface area contributed by atoms with Crippen LogP contribution < -0.4 is 24.3 Å². The van der Waals surface area contributed by atoms with Crippen LogP contribution in [0.2, 0.25) is 0 Å². The Morgan fingerprint density at radius 2 is 1.94 bits per heavy atom. The van der Waals surface area contributed by atoms with Gasteiger partial charge in [-0.25, -0.2) is 4.98 Å². The fourth-order valence-electron chi connectivity index (χ4n) is 3.17. The van der Waals surface area contributed by atoms with E-state index in [2.05, 4.69) is 16.4 Å². The standard InChI is InChI=1S/C23H19N3O5S/c1-13(27)16-7-21-22(31-12-30-21)8-17(16)25-10-15(9-24)23-26-18(11-32-23)14-4-5-19(28-2)20(6-14)29-3/h4-8,10-11,25H,12H2,1-3H3/b15-10+. The molecule has 1 N–H and O–H groups in total. The number of hydrogen-bond acceptors (Lipinski definition) is 9. The smallest absolute Gasteiger partial charge is 0.231 e. The molecular formula is C23H19N3O5S. The summed E-state index contributed by atoms with van der Waals surface area (Å²) in [5, 5.41) is 15.1. The van der Waals surface area contributed by atoms with Gasteiger partial charge in [-0.2, -0.15) is 5.26 Å². The lowest BCUT2D eigenvalue weighted by molar-refractivity contribution is 0.101. The number of nitrogens with one attached hydrogen (secondary N) is 1. The Morgan fingerprint density at radius 3 is 2.62 bits per heavy atom. The van der Waals surface area contributed by atoms with Crippen molar-refractivity contribution in [1.82, 2.24) is 4.98 Å². The van der Waals surface area contributed by atoms with Crippen molar-refractivity contribution in [2.45, 2.75) is 6.92 Å². The Balaban J connectivity index is 1.62. The molecule has 0 saturated heterocycles. The predicted molar refractivity (Wildman–Crippen MR) is 120 cm³/mol. The average Bonchev–Trinajstić information content (AvgIpc) is 3.48. The van der Waals surface area contributed by atoms with Crippen molar-refractivity contribution in [3.8, 4) is 40.3 Å². The lowest BCUT2D eigenvalue weighted by atomic mass is 10.1. The number of aromatic nitrogens is 1. The van der Waals surface area contributed by atoms with E-state index in [9.17, 15) is 10.1 Å². The van der Waals surface area contributed by atoms with E-state index in [1.807, 2.05) is 17.5 Å². The van der Waals surface area contributed by atoms with Crippen LogP contribution in [-0.4, -0.2) is 31.8 Å². The predicted octanol–water partition coefficient (Wildman–Crippen LogP) is 4.74. The van der Waals surface area contributed by atoms with E-state index in [1.54, 1.807) is 32.4 Å². The molecule has 32 heavy (non-hydrogen) atoms. The summed E-state index contributed by atoms with van der Waals surface area (Å²) in [5.74, 6) is 2.14. The molecule has 0 radical (unpaired) electrons. The molecule has 2 heterocycles. The molecule has 0 aliphatic carbocycles. The molecule has 0 spiro atoms. The van der Waals surface area contributed by atoms with Crippen LogP contribution in [0, 0.1) is 11.3 Å². The number of nitrogens with zero attached hydrogens (tertiary/aromatic N) is 2. The summed E-state index contributed by atoms with van der Waals surface area (Å²) in [6.45, 7) is 1.57. The second-order valence-electron chi connectivity index (χ2n) is 6.73. The number of ether oxygens (including phenoxy) is 4. The van der Waals surface area contributed by atoms with E-state index in [1.165, 1.54) is 24.5 Å². The fourth-order valence-corrected chi connectivity index (χ4v) is 3.96. The van der Waals surface area contributed by atoms with Crippen LogP contribution >= 0.6 is 11.3 Å². The molecule has 0 saturated carbocycles. The number of benzene rings is 2. The highest BCUT2D eigenvalue weighted by Gasteiger charge is 2.19. The molecule has 9 heteroatoms. The van der Waals surface area contributed by atoms with Gasteiger partial charge in [0.15, 0.2) is 28.8 Å². The summed E-state index contributed by atoms with van der Waals surface area (Å²) in [6, 6.07) is 11.0. The SMILES string of the molecule is COc1ccc(-c2csc(/C(C#N)=C/Nc3cc4c(cc3C(C)=O)OCO4)n2)cc1OC. The van der Waals surface area contributed by atoms with Gasteiger partial charge in [-0.3, -0.25) is 4.79 Å². The van der Waals surface area contributed by atoms with Crippen molar-refractivity contribution in [3.63, 3.8) is 0 Å². The number of anilines is 1. The Morgan fingerprint density at radius 1 is 1.19 bits per heavy atom. The van der Waals surface area contributed by atoms with Crippen molar-refractivity contribution < 1.29 is 23.7 Å². The van der Waals surface area contributed by atoms with E-state index >= 15 is 0 Å². The zero-order valence-corrected chi connectivity index (χ0v) is 18.4. The minimum atomic E-state index is -0.136. The third kappa shape index (κ3) is 4.08. The lowest BCUT2D eigenvalue weighted by Crippen LogP contribution is -2.00. The maximum absolute atomic E-state index is 12.1. The molecule has 1 aromatic heterocycles. The third-order valence-corrected chi connectivity index (χ3v) is 5.67. The van der Waals surface area contributed by atoms with Crippen molar-refractivity contribution >= 4 is 28.4 Å². The van der Waals surface area contributed by atoms with E-state index in [-0.39, 0.29) is 12.6 Å². The molecule has 0 unspecified atom stereocenters. The van der Waals surface area contributed by atoms with Crippen molar-refractivity contribution in [2.75, 3.05) is 26.3 Å². The number of methoxy groups -OCH3 is 2. The van der Waals surface area contributed by atoms with Crippen LogP contribution in [0.5, 0.6) is 23.0 Å². The Hall–Kier alpha value is -4.03. The van der Waals surface area contributed by atoms with E-state index in [0.717, 1.165) is 5.56 Å². The molecule has 0 atom stereocenters. The molecular weight excluding hydrogens is 430 g/mol. The van der Waals surface area contributed by atoms with E-state index < -0.39 is 0 Å². The Labute approximate surface area is 188 Å². The summed E-state index contributed by atoms with van der Waals surface area (Å²) in [6.07, 6.45) is 1.53. The summed E-state index contributed by atoms with van der Waals surface area (Å²) in [7, 11) is 3.15. The number of rotatable bonds is 7. The van der Waals surface area contributed by atoms with Gasteiger partial charge in [0, 0.05) is 28.8 Å². The summed E-state index contributed by atoms with van der Waals surface area (Å²) in [4.78, 5) is 16.6. The molecule has 0 bridgehead atoms. The quantitative estimate of drug-likeness (QED) is 0.408. The number of nitriles is 1. The first kappa shape index (κ1) is 21.2. The fraction of sp³-hybridized carbons (Fsp3) is 0.174. The maximum atomic E-state index is 12.1. The van der Waals surface area contributed by atoms with Crippen LogP contribution in [0.3, 0.4) is 0 Å². The Kier molecular flexibility index (Phi) is 5.96. The van der Waals surface area contributed by atoms with Crippen LogP contribution in [-0.2, 0) is 0 Å². The van der Waals surface area contributed by atoms with Gasteiger partial charge in [0.1, 0.15) is 16.6 Å². The van der Waals surface area contributed by atoms with Gasteiger partial charge in [0.05, 0.1) is 25.6 Å². The summed E-state index contributed by atoms with van der Waals surface area (Å²) in [5.41, 5.74) is 2.83. The van der Waals surface area contributed by atoms with Gasteiger partial charge in [-0.1, -0.05) is 0 Å². The highest BCUT2D eigenvalue weighted by molar-refractivity contribution is 7.11. The van der Waals surface area contributed by atoms with Gasteiger partial charge in [-0.15, -0.1) is 11.3 Å². The first-order valence-corrected chi connectivity index (χ1v) is 10.4. The van der Waals surface area contributed by atoms with Crippen LogP contribution in [0.4, 0.5) is 5.69 Å². The van der Waals surface area contributed by atoms with E-state index in [0.29, 0.717) is 50.5 Å². The largest absolute Gasteiger partial charge is 0.493 e. The van der Waals surface area contributed by atoms with Gasteiger partial charge >= 0.3 is 0 Å². The highest BCUT2D eigenvalue weighted by Crippen LogP contribution is 2.38. The number of allylic oxidation sites excluding steroid dienone is 1.